The number of nitrogens with one attached hydrogen (secondary N) is 1. The second-order valence-corrected chi connectivity index (χ2v) is 3.52. The van der Waals surface area contributed by atoms with Gasteiger partial charge >= 0.3 is 0 Å². The molecule has 1 aliphatic heterocycles. The van der Waals surface area contributed by atoms with Gasteiger partial charge in [0.2, 0.25) is 0 Å². The van der Waals surface area contributed by atoms with Crippen LogP contribution in [0.5, 0.6) is 5.75 Å². The maximum absolute atomic E-state index is 5.28. The lowest BCUT2D eigenvalue weighted by Crippen LogP contribution is -2.34. The Balaban J connectivity index is 0.000000980. The van der Waals surface area contributed by atoms with Crippen molar-refractivity contribution in [2.45, 2.75) is 19.4 Å². The first-order chi connectivity index (χ1) is 6.31. The summed E-state index contributed by atoms with van der Waals surface area (Å²) in [5, 5.41) is 3.38. The number of ether oxygens (including phenoxy) is 1. The van der Waals surface area contributed by atoms with E-state index >= 15 is 0 Å². The molecule has 0 amide bonds. The monoisotopic (exact) mass is 213 g/mol. The van der Waals surface area contributed by atoms with Crippen LogP contribution in [0.25, 0.3) is 0 Å². The van der Waals surface area contributed by atoms with Crippen LogP contribution < -0.4 is 10.1 Å². The molecule has 2 rings (SSSR count). The summed E-state index contributed by atoms with van der Waals surface area (Å²) < 4.78 is 5.28. The molecule has 0 spiro atoms. The van der Waals surface area contributed by atoms with Crippen molar-refractivity contribution in [2.24, 2.45) is 0 Å². The van der Waals surface area contributed by atoms with Gasteiger partial charge in [-0.3, -0.25) is 0 Å². The van der Waals surface area contributed by atoms with Crippen LogP contribution in [0.2, 0.25) is 0 Å². The summed E-state index contributed by atoms with van der Waals surface area (Å²) in [6.07, 6.45) is 1.24. The van der Waals surface area contributed by atoms with E-state index in [0.717, 1.165) is 12.3 Å². The number of methoxy groups -OCH3 is 1. The lowest BCUT2D eigenvalue weighted by atomic mass is 9.97. The van der Waals surface area contributed by atoms with Crippen molar-refractivity contribution in [1.82, 2.24) is 5.32 Å². The normalized spacial score (nSPS) is 19.4. The maximum Gasteiger partial charge on any atom is 0.122 e. The maximum atomic E-state index is 5.28. The van der Waals surface area contributed by atoms with Gasteiger partial charge in [0, 0.05) is 6.04 Å². The fourth-order valence-electron chi connectivity index (χ4n) is 1.63. The third kappa shape index (κ3) is 2.02. The Bertz CT molecular complexity index is 310. The Morgan fingerprint density at radius 1 is 1.43 bits per heavy atom. The molecule has 1 heterocycles. The van der Waals surface area contributed by atoms with E-state index < -0.39 is 0 Å². The van der Waals surface area contributed by atoms with Gasteiger partial charge < -0.3 is 10.1 Å². The van der Waals surface area contributed by atoms with Crippen molar-refractivity contribution in [3.8, 4) is 5.75 Å². The average molecular weight is 214 g/mol. The fourth-order valence-corrected chi connectivity index (χ4v) is 1.63. The van der Waals surface area contributed by atoms with Crippen LogP contribution in [0.1, 0.15) is 23.6 Å². The molecule has 2 nitrogen and oxygen atoms in total. The minimum absolute atomic E-state index is 0. The summed E-state index contributed by atoms with van der Waals surface area (Å²) in [7, 11) is 1.72. The molecule has 3 heteroatoms. The van der Waals surface area contributed by atoms with E-state index in [9.17, 15) is 0 Å². The van der Waals surface area contributed by atoms with E-state index in [4.69, 9.17) is 4.74 Å². The summed E-state index contributed by atoms with van der Waals surface area (Å²) in [5.74, 6) is 0.992. The number of aryl methyl sites for hydroxylation is 1. The summed E-state index contributed by atoms with van der Waals surface area (Å²) in [6, 6.07) is 6.98. The molecule has 0 bridgehead atoms. The smallest absolute Gasteiger partial charge is 0.122 e. The molecule has 0 radical (unpaired) electrons. The second-order valence-electron chi connectivity index (χ2n) is 3.52. The van der Waals surface area contributed by atoms with Gasteiger partial charge in [0.05, 0.1) is 7.11 Å². The molecule has 0 aliphatic carbocycles. The highest BCUT2D eigenvalue weighted by Gasteiger charge is 2.18. The number of hydrogen-bond acceptors (Lipinski definition) is 2. The van der Waals surface area contributed by atoms with Crippen molar-refractivity contribution in [2.75, 3.05) is 13.7 Å². The molecule has 1 atom stereocenters. The Kier molecular flexibility index (Phi) is 3.78. The molecular weight excluding hydrogens is 198 g/mol. The predicted octanol–water partition coefficient (Wildman–Crippen LogP) is 2.46. The minimum Gasteiger partial charge on any atom is -0.496 e. The summed E-state index contributed by atoms with van der Waals surface area (Å²) in [4.78, 5) is 0. The number of halogens is 1. The first-order valence-corrected chi connectivity index (χ1v) is 4.69. The summed E-state index contributed by atoms with van der Waals surface area (Å²) in [6.45, 7) is 3.21. The van der Waals surface area contributed by atoms with Gasteiger partial charge in [0.25, 0.3) is 0 Å². The van der Waals surface area contributed by atoms with Crippen LogP contribution in [-0.2, 0) is 0 Å². The first kappa shape index (κ1) is 11.3. The van der Waals surface area contributed by atoms with Crippen molar-refractivity contribution in [3.63, 3.8) is 0 Å². The lowest BCUT2D eigenvalue weighted by molar-refractivity contribution is 0.377. The van der Waals surface area contributed by atoms with Crippen molar-refractivity contribution in [1.29, 1.82) is 0 Å². The molecule has 78 valence electrons. The molecule has 0 unspecified atom stereocenters. The van der Waals surface area contributed by atoms with Crippen molar-refractivity contribution >= 4 is 12.4 Å². The van der Waals surface area contributed by atoms with Crippen LogP contribution in [0.4, 0.5) is 0 Å². The van der Waals surface area contributed by atoms with Gasteiger partial charge in [-0.25, -0.2) is 0 Å². The van der Waals surface area contributed by atoms with Crippen LogP contribution >= 0.6 is 12.4 Å². The number of rotatable bonds is 2. The van der Waals surface area contributed by atoms with E-state index in [2.05, 4.69) is 30.4 Å². The lowest BCUT2D eigenvalue weighted by Gasteiger charge is -2.28. The standard InChI is InChI=1S/C11H15NO.ClH/c1-8-3-4-9(7-11(8)13-2)10-5-6-12-10;/h3-4,7,10,12H,5-6H2,1-2H3;1H/t10-;/m1./s1. The van der Waals surface area contributed by atoms with Gasteiger partial charge in [-0.15, -0.1) is 12.4 Å². The topological polar surface area (TPSA) is 21.3 Å². The van der Waals surface area contributed by atoms with E-state index in [-0.39, 0.29) is 12.4 Å². The zero-order chi connectivity index (χ0) is 9.26. The zero-order valence-electron chi connectivity index (χ0n) is 8.54. The largest absolute Gasteiger partial charge is 0.496 e. The molecule has 0 aromatic heterocycles. The zero-order valence-corrected chi connectivity index (χ0v) is 9.36. The van der Waals surface area contributed by atoms with E-state index in [0.29, 0.717) is 6.04 Å². The van der Waals surface area contributed by atoms with E-state index in [1.165, 1.54) is 17.5 Å². The first-order valence-electron chi connectivity index (χ1n) is 4.69. The SMILES string of the molecule is COc1cc([C@H]2CCN2)ccc1C.Cl. The highest BCUT2D eigenvalue weighted by Crippen LogP contribution is 2.27. The van der Waals surface area contributed by atoms with Crippen molar-refractivity contribution in [3.05, 3.63) is 29.3 Å². The van der Waals surface area contributed by atoms with Crippen molar-refractivity contribution < 1.29 is 4.74 Å². The Labute approximate surface area is 91.1 Å². The summed E-state index contributed by atoms with van der Waals surface area (Å²) in [5.41, 5.74) is 2.54. The molecule has 1 N–H and O–H groups in total. The van der Waals surface area contributed by atoms with Crippen LogP contribution in [0.3, 0.4) is 0 Å². The van der Waals surface area contributed by atoms with E-state index in [1.54, 1.807) is 7.11 Å². The molecule has 1 aliphatic rings. The van der Waals surface area contributed by atoms with Gasteiger partial charge in [0.1, 0.15) is 5.75 Å². The number of hydrogen-bond donors (Lipinski definition) is 1. The fraction of sp³-hybridized carbons (Fsp3) is 0.455. The van der Waals surface area contributed by atoms with Crippen LogP contribution in [0.15, 0.2) is 18.2 Å². The van der Waals surface area contributed by atoms with Gasteiger partial charge in [0.15, 0.2) is 0 Å². The van der Waals surface area contributed by atoms with Gasteiger partial charge in [-0.05, 0) is 37.1 Å². The molecule has 1 saturated heterocycles. The second kappa shape index (κ2) is 4.67. The van der Waals surface area contributed by atoms with Gasteiger partial charge in [-0.1, -0.05) is 12.1 Å². The molecule has 14 heavy (non-hydrogen) atoms. The Morgan fingerprint density at radius 3 is 2.64 bits per heavy atom. The highest BCUT2D eigenvalue weighted by atomic mass is 35.5. The molecule has 0 saturated carbocycles. The quantitative estimate of drug-likeness (QED) is 0.815. The van der Waals surface area contributed by atoms with Crippen LogP contribution in [0, 0.1) is 6.92 Å². The summed E-state index contributed by atoms with van der Waals surface area (Å²) >= 11 is 0. The minimum atomic E-state index is 0. The van der Waals surface area contributed by atoms with Crippen LogP contribution in [-0.4, -0.2) is 13.7 Å². The molecule has 1 aromatic rings. The molecular formula is C11H16ClNO. The Morgan fingerprint density at radius 2 is 2.14 bits per heavy atom. The van der Waals surface area contributed by atoms with E-state index in [1.807, 2.05) is 0 Å². The third-order valence-electron chi connectivity index (χ3n) is 2.66. The predicted molar refractivity (Wildman–Crippen MR) is 60.3 cm³/mol. The average Bonchev–Trinajstić information content (AvgIpc) is 2.05. The third-order valence-corrected chi connectivity index (χ3v) is 2.66. The molecule has 1 aromatic carbocycles. The van der Waals surface area contributed by atoms with Gasteiger partial charge in [-0.2, -0.15) is 0 Å². The molecule has 1 fully saturated rings. The Hall–Kier alpha value is -0.730. The highest BCUT2D eigenvalue weighted by molar-refractivity contribution is 5.85. The number of benzene rings is 1.